The van der Waals surface area contributed by atoms with Crippen LogP contribution in [0.15, 0.2) is 0 Å². The van der Waals surface area contributed by atoms with Gasteiger partial charge in [0.2, 0.25) is 5.91 Å². The number of carbonyl (C=O) groups is 1. The summed E-state index contributed by atoms with van der Waals surface area (Å²) < 4.78 is 11.2. The van der Waals surface area contributed by atoms with E-state index in [0.29, 0.717) is 25.4 Å². The summed E-state index contributed by atoms with van der Waals surface area (Å²) in [7, 11) is 0. The predicted molar refractivity (Wildman–Crippen MR) is 93.0 cm³/mol. The molecule has 3 atom stereocenters. The van der Waals surface area contributed by atoms with E-state index < -0.39 is 0 Å². The van der Waals surface area contributed by atoms with Crippen molar-refractivity contribution in [3.05, 3.63) is 0 Å². The number of rotatable bonds is 4. The van der Waals surface area contributed by atoms with Gasteiger partial charge in [-0.25, -0.2) is 0 Å². The van der Waals surface area contributed by atoms with Crippen molar-refractivity contribution in [1.29, 1.82) is 0 Å². The molecule has 6 nitrogen and oxygen atoms in total. The zero-order valence-electron chi connectivity index (χ0n) is 15.2. The summed E-state index contributed by atoms with van der Waals surface area (Å²) in [5, 5.41) is 3.27. The number of carbonyl (C=O) groups excluding carboxylic acids is 1. The van der Waals surface area contributed by atoms with Gasteiger partial charge in [0.15, 0.2) is 0 Å². The minimum atomic E-state index is -0.133. The summed E-state index contributed by atoms with van der Waals surface area (Å²) in [5.74, 6) is 0.974. The quantitative estimate of drug-likeness (QED) is 0.818. The van der Waals surface area contributed by atoms with Gasteiger partial charge in [-0.1, -0.05) is 0 Å². The third-order valence-electron chi connectivity index (χ3n) is 5.49. The Morgan fingerprint density at radius 2 is 1.88 bits per heavy atom. The van der Waals surface area contributed by atoms with Crippen molar-refractivity contribution in [3.8, 4) is 0 Å². The monoisotopic (exact) mass is 339 g/mol. The number of nitrogens with zero attached hydrogens (tertiary/aromatic N) is 2. The lowest BCUT2D eigenvalue weighted by Crippen LogP contribution is -2.54. The van der Waals surface area contributed by atoms with Crippen molar-refractivity contribution in [2.24, 2.45) is 5.92 Å². The zero-order chi connectivity index (χ0) is 16.9. The van der Waals surface area contributed by atoms with E-state index in [4.69, 9.17) is 9.47 Å². The fraction of sp³-hybridized carbons (Fsp3) is 0.944. The Hall–Kier alpha value is -0.690. The molecular formula is C18H33N3O3. The molecule has 0 spiro atoms. The number of ether oxygens (including phenoxy) is 2. The van der Waals surface area contributed by atoms with Crippen LogP contribution in [0.5, 0.6) is 0 Å². The van der Waals surface area contributed by atoms with Crippen LogP contribution >= 0.6 is 0 Å². The van der Waals surface area contributed by atoms with Gasteiger partial charge in [0, 0.05) is 32.7 Å². The van der Waals surface area contributed by atoms with Crippen LogP contribution in [-0.4, -0.2) is 86.4 Å². The number of hydrogen-bond acceptors (Lipinski definition) is 5. The van der Waals surface area contributed by atoms with Gasteiger partial charge in [-0.15, -0.1) is 0 Å². The highest BCUT2D eigenvalue weighted by Gasteiger charge is 2.30. The lowest BCUT2D eigenvalue weighted by molar-refractivity contribution is -0.137. The minimum Gasteiger partial charge on any atom is -0.378 e. The number of likely N-dealkylation sites (tertiary alicyclic amines) is 1. The molecule has 3 heterocycles. The van der Waals surface area contributed by atoms with Crippen LogP contribution in [0.4, 0.5) is 0 Å². The highest BCUT2D eigenvalue weighted by Crippen LogP contribution is 2.22. The minimum absolute atomic E-state index is 0.133. The van der Waals surface area contributed by atoms with Crippen molar-refractivity contribution < 1.29 is 14.3 Å². The van der Waals surface area contributed by atoms with E-state index in [9.17, 15) is 4.79 Å². The average molecular weight is 339 g/mol. The Morgan fingerprint density at radius 3 is 2.50 bits per heavy atom. The molecule has 24 heavy (non-hydrogen) atoms. The second-order valence-electron chi connectivity index (χ2n) is 7.66. The van der Waals surface area contributed by atoms with Crippen molar-refractivity contribution in [2.45, 2.75) is 51.4 Å². The Morgan fingerprint density at radius 1 is 1.17 bits per heavy atom. The number of piperidine rings is 1. The molecule has 1 N–H and O–H groups in total. The Labute approximate surface area is 145 Å². The van der Waals surface area contributed by atoms with E-state index in [-0.39, 0.29) is 11.9 Å². The molecule has 1 amide bonds. The van der Waals surface area contributed by atoms with Gasteiger partial charge < -0.3 is 19.7 Å². The van der Waals surface area contributed by atoms with E-state index in [1.165, 1.54) is 6.42 Å². The third-order valence-corrected chi connectivity index (χ3v) is 5.49. The first-order valence-electron chi connectivity index (χ1n) is 9.59. The molecule has 0 aliphatic carbocycles. The van der Waals surface area contributed by atoms with Gasteiger partial charge in [0.25, 0.3) is 0 Å². The fourth-order valence-corrected chi connectivity index (χ4v) is 4.22. The molecule has 3 fully saturated rings. The van der Waals surface area contributed by atoms with Crippen LogP contribution in [0.2, 0.25) is 0 Å². The summed E-state index contributed by atoms with van der Waals surface area (Å²) >= 11 is 0. The molecule has 138 valence electrons. The molecule has 6 heteroatoms. The second kappa shape index (κ2) is 8.61. The maximum atomic E-state index is 12.5. The maximum absolute atomic E-state index is 12.5. The highest BCUT2D eigenvalue weighted by molar-refractivity contribution is 5.82. The molecule has 0 bridgehead atoms. The van der Waals surface area contributed by atoms with Crippen LogP contribution in [0.3, 0.4) is 0 Å². The van der Waals surface area contributed by atoms with Crippen LogP contribution in [0.1, 0.15) is 33.1 Å². The topological polar surface area (TPSA) is 54.0 Å². The highest BCUT2D eigenvalue weighted by atomic mass is 16.5. The first kappa shape index (κ1) is 18.1. The van der Waals surface area contributed by atoms with Crippen LogP contribution in [0, 0.1) is 5.92 Å². The zero-order valence-corrected chi connectivity index (χ0v) is 15.2. The number of morpholine rings is 2. The number of amides is 1. The summed E-state index contributed by atoms with van der Waals surface area (Å²) in [4.78, 5) is 17.1. The summed E-state index contributed by atoms with van der Waals surface area (Å²) in [6.45, 7) is 11.4. The van der Waals surface area contributed by atoms with Gasteiger partial charge in [-0.3, -0.25) is 9.69 Å². The number of nitrogens with one attached hydrogen (secondary N) is 1. The molecule has 0 aromatic rings. The van der Waals surface area contributed by atoms with Crippen LogP contribution in [0.25, 0.3) is 0 Å². The van der Waals surface area contributed by atoms with Crippen LogP contribution < -0.4 is 5.32 Å². The summed E-state index contributed by atoms with van der Waals surface area (Å²) in [6.07, 6.45) is 4.20. The second-order valence-corrected chi connectivity index (χ2v) is 7.66. The Bertz CT molecular complexity index is 396. The largest absolute Gasteiger partial charge is 0.378 e. The average Bonchev–Trinajstić information content (AvgIpc) is 2.60. The Balaban J connectivity index is 1.36. The molecule has 0 aromatic heterocycles. The van der Waals surface area contributed by atoms with Crippen LogP contribution in [-0.2, 0) is 14.3 Å². The standard InChI is InChI=1S/C18H33N3O3/c1-14-11-20(12-15(2)24-14)7-3-16-4-8-21(9-5-16)18(22)17-13-23-10-6-19-17/h14-17,19H,3-13H2,1-2H3/t14-,15-,17+/m1/s1. The smallest absolute Gasteiger partial charge is 0.242 e. The lowest BCUT2D eigenvalue weighted by atomic mass is 9.92. The maximum Gasteiger partial charge on any atom is 0.242 e. The molecule has 3 aliphatic rings. The predicted octanol–water partition coefficient (Wildman–Crippen LogP) is 0.713. The van der Waals surface area contributed by atoms with E-state index in [2.05, 4.69) is 24.1 Å². The first-order chi connectivity index (χ1) is 11.6. The molecule has 0 radical (unpaired) electrons. The van der Waals surface area contributed by atoms with E-state index in [1.807, 2.05) is 4.90 Å². The fourth-order valence-electron chi connectivity index (χ4n) is 4.22. The molecule has 3 aliphatic heterocycles. The third kappa shape index (κ3) is 4.91. The van der Waals surface area contributed by atoms with Gasteiger partial charge >= 0.3 is 0 Å². The Kier molecular flexibility index (Phi) is 6.49. The molecule has 0 saturated carbocycles. The normalized spacial score (nSPS) is 33.6. The van der Waals surface area contributed by atoms with Gasteiger partial charge in [0.05, 0.1) is 25.4 Å². The van der Waals surface area contributed by atoms with E-state index >= 15 is 0 Å². The van der Waals surface area contributed by atoms with E-state index in [0.717, 1.165) is 58.0 Å². The van der Waals surface area contributed by atoms with Crippen molar-refractivity contribution in [2.75, 3.05) is 52.5 Å². The van der Waals surface area contributed by atoms with E-state index in [1.54, 1.807) is 0 Å². The van der Waals surface area contributed by atoms with Crippen molar-refractivity contribution in [3.63, 3.8) is 0 Å². The van der Waals surface area contributed by atoms with Crippen molar-refractivity contribution in [1.82, 2.24) is 15.1 Å². The van der Waals surface area contributed by atoms with Gasteiger partial charge in [0.1, 0.15) is 6.04 Å². The SMILES string of the molecule is C[C@@H]1CN(CCC2CCN(C(=O)[C@@H]3COCCN3)CC2)C[C@@H](C)O1. The summed E-state index contributed by atoms with van der Waals surface area (Å²) in [6, 6.07) is -0.133. The summed E-state index contributed by atoms with van der Waals surface area (Å²) in [5.41, 5.74) is 0. The van der Waals surface area contributed by atoms with Crippen molar-refractivity contribution >= 4 is 5.91 Å². The lowest BCUT2D eigenvalue weighted by Gasteiger charge is -2.38. The molecule has 0 aromatic carbocycles. The first-order valence-corrected chi connectivity index (χ1v) is 9.59. The van der Waals surface area contributed by atoms with Gasteiger partial charge in [-0.2, -0.15) is 0 Å². The molecule has 3 saturated heterocycles. The van der Waals surface area contributed by atoms with Gasteiger partial charge in [-0.05, 0) is 45.6 Å². The molecule has 0 unspecified atom stereocenters. The molecule has 3 rings (SSSR count). The molecular weight excluding hydrogens is 306 g/mol. The number of hydrogen-bond donors (Lipinski definition) is 1.